The quantitative estimate of drug-likeness (QED) is 0.171. The fourth-order valence-electron chi connectivity index (χ4n) is 9.91. The maximum Gasteiger partial charge on any atom is 0.143 e. The van der Waals surface area contributed by atoms with Crippen molar-refractivity contribution in [3.8, 4) is 44.5 Å². The van der Waals surface area contributed by atoms with Gasteiger partial charge in [-0.2, -0.15) is 0 Å². The normalized spacial score (nSPS) is 13.4. The molecular formula is C53H34O2. The predicted octanol–water partition coefficient (Wildman–Crippen LogP) is 15.1. The third-order valence-corrected chi connectivity index (χ3v) is 12.4. The number of benzene rings is 9. The molecule has 0 saturated heterocycles. The molecular weight excluding hydrogens is 669 g/mol. The fourth-order valence-corrected chi connectivity index (χ4v) is 9.91. The van der Waals surface area contributed by atoms with E-state index < -0.39 is 0 Å². The molecule has 1 aliphatic carbocycles. The smallest absolute Gasteiger partial charge is 0.143 e. The van der Waals surface area contributed by atoms with Crippen LogP contribution in [0.25, 0.3) is 110 Å². The highest BCUT2D eigenvalue weighted by molar-refractivity contribution is 6.25. The maximum absolute atomic E-state index is 6.90. The average Bonchev–Trinajstić information content (AvgIpc) is 3.92. The van der Waals surface area contributed by atoms with Gasteiger partial charge in [-0.15, -0.1) is 0 Å². The molecule has 0 amide bonds. The minimum absolute atomic E-state index is 0.0761. The maximum atomic E-state index is 6.90. The van der Waals surface area contributed by atoms with Crippen molar-refractivity contribution in [2.75, 3.05) is 0 Å². The zero-order chi connectivity index (χ0) is 36.4. The number of rotatable bonds is 3. The highest BCUT2D eigenvalue weighted by Gasteiger charge is 2.37. The third kappa shape index (κ3) is 4.14. The highest BCUT2D eigenvalue weighted by Crippen LogP contribution is 2.54. The largest absolute Gasteiger partial charge is 0.464 e. The zero-order valence-corrected chi connectivity index (χ0v) is 30.5. The summed E-state index contributed by atoms with van der Waals surface area (Å²) in [5.74, 6) is 0. The van der Waals surface area contributed by atoms with Crippen LogP contribution in [0.3, 0.4) is 0 Å². The Kier molecular flexibility index (Phi) is 6.15. The van der Waals surface area contributed by atoms with E-state index in [1.54, 1.807) is 6.26 Å². The summed E-state index contributed by atoms with van der Waals surface area (Å²) in [4.78, 5) is 0. The molecule has 12 rings (SSSR count). The van der Waals surface area contributed by atoms with Gasteiger partial charge in [0.05, 0.1) is 6.26 Å². The van der Waals surface area contributed by atoms with E-state index in [1.165, 1.54) is 87.8 Å². The molecule has 0 aliphatic heterocycles. The summed E-state index contributed by atoms with van der Waals surface area (Å²) in [6.45, 7) is 4.68. The first kappa shape index (κ1) is 30.6. The van der Waals surface area contributed by atoms with E-state index in [0.717, 1.165) is 33.1 Å². The summed E-state index contributed by atoms with van der Waals surface area (Å²) < 4.78 is 12.6. The molecule has 0 spiro atoms. The van der Waals surface area contributed by atoms with Crippen LogP contribution in [0.2, 0.25) is 0 Å². The molecule has 2 nitrogen and oxygen atoms in total. The van der Waals surface area contributed by atoms with Crippen molar-refractivity contribution in [2.45, 2.75) is 19.3 Å². The second kappa shape index (κ2) is 11.1. The topological polar surface area (TPSA) is 26.3 Å². The monoisotopic (exact) mass is 702 g/mol. The van der Waals surface area contributed by atoms with Crippen LogP contribution in [-0.2, 0) is 5.41 Å². The predicted molar refractivity (Wildman–Crippen MR) is 230 cm³/mol. The lowest BCUT2D eigenvalue weighted by Crippen LogP contribution is -2.14. The Hall–Kier alpha value is -6.90. The van der Waals surface area contributed by atoms with Crippen molar-refractivity contribution >= 4 is 65.2 Å². The molecule has 0 fully saturated rings. The number of hydrogen-bond acceptors (Lipinski definition) is 2. The number of hydrogen-bond donors (Lipinski definition) is 0. The third-order valence-electron chi connectivity index (χ3n) is 12.4. The Morgan fingerprint density at radius 2 is 0.982 bits per heavy atom. The molecule has 1 aliphatic rings. The molecule has 258 valence electrons. The van der Waals surface area contributed by atoms with E-state index in [-0.39, 0.29) is 5.41 Å². The van der Waals surface area contributed by atoms with Crippen molar-refractivity contribution in [1.29, 1.82) is 0 Å². The first-order valence-electron chi connectivity index (χ1n) is 19.1. The van der Waals surface area contributed by atoms with Crippen LogP contribution in [0, 0.1) is 0 Å². The molecule has 2 heterocycles. The van der Waals surface area contributed by atoms with Gasteiger partial charge < -0.3 is 8.83 Å². The molecule has 0 N–H and O–H groups in total. The van der Waals surface area contributed by atoms with Gasteiger partial charge in [0.1, 0.15) is 16.7 Å². The molecule has 55 heavy (non-hydrogen) atoms. The van der Waals surface area contributed by atoms with Gasteiger partial charge in [0.15, 0.2) is 0 Å². The van der Waals surface area contributed by atoms with E-state index in [4.69, 9.17) is 8.83 Å². The number of furan rings is 2. The van der Waals surface area contributed by atoms with Crippen LogP contribution in [0.5, 0.6) is 0 Å². The Bertz CT molecular complexity index is 3350. The Labute approximate surface area is 317 Å². The van der Waals surface area contributed by atoms with Gasteiger partial charge in [0, 0.05) is 27.1 Å². The van der Waals surface area contributed by atoms with E-state index in [2.05, 4.69) is 172 Å². The van der Waals surface area contributed by atoms with Crippen molar-refractivity contribution in [1.82, 2.24) is 0 Å². The van der Waals surface area contributed by atoms with Crippen molar-refractivity contribution in [3.05, 3.63) is 181 Å². The first-order valence-corrected chi connectivity index (χ1v) is 19.1. The second-order valence-electron chi connectivity index (χ2n) is 15.5. The van der Waals surface area contributed by atoms with Crippen molar-refractivity contribution in [2.24, 2.45) is 0 Å². The molecule has 0 saturated carbocycles. The minimum Gasteiger partial charge on any atom is -0.464 e. The van der Waals surface area contributed by atoms with Gasteiger partial charge in [-0.3, -0.25) is 0 Å². The second-order valence-corrected chi connectivity index (χ2v) is 15.5. The van der Waals surface area contributed by atoms with Gasteiger partial charge >= 0.3 is 0 Å². The summed E-state index contributed by atoms with van der Waals surface area (Å²) in [6.07, 6.45) is 1.77. The SMILES string of the molecule is CC1(C)c2ccccc2-c2c1ccc1oc3c(-c4cccc5c(-c6c7ccccc7c(-c7ccc8occc8c7)c7ccccc67)cccc45)cccc3c21. The van der Waals surface area contributed by atoms with Gasteiger partial charge in [-0.25, -0.2) is 0 Å². The minimum atomic E-state index is -0.0761. The number of fused-ring (bicyclic) bond motifs is 11. The van der Waals surface area contributed by atoms with Crippen molar-refractivity contribution in [3.63, 3.8) is 0 Å². The van der Waals surface area contributed by atoms with Crippen LogP contribution < -0.4 is 0 Å². The summed E-state index contributed by atoms with van der Waals surface area (Å²) in [6, 6.07) is 59.8. The summed E-state index contributed by atoms with van der Waals surface area (Å²) in [7, 11) is 0. The Morgan fingerprint density at radius 3 is 1.75 bits per heavy atom. The van der Waals surface area contributed by atoms with Gasteiger partial charge in [0.2, 0.25) is 0 Å². The van der Waals surface area contributed by atoms with Crippen LogP contribution in [0.15, 0.2) is 179 Å². The lowest BCUT2D eigenvalue weighted by Gasteiger charge is -2.21. The molecule has 0 bridgehead atoms. The summed E-state index contributed by atoms with van der Waals surface area (Å²) >= 11 is 0. The van der Waals surface area contributed by atoms with Crippen molar-refractivity contribution < 1.29 is 8.83 Å². The van der Waals surface area contributed by atoms with Gasteiger partial charge in [-0.1, -0.05) is 153 Å². The first-order chi connectivity index (χ1) is 27.1. The van der Waals surface area contributed by atoms with Crippen LogP contribution in [0.4, 0.5) is 0 Å². The Morgan fingerprint density at radius 1 is 0.400 bits per heavy atom. The Balaban J connectivity index is 1.11. The summed E-state index contributed by atoms with van der Waals surface area (Å²) in [5.41, 5.74) is 15.2. The van der Waals surface area contributed by atoms with Crippen LogP contribution in [0.1, 0.15) is 25.0 Å². The van der Waals surface area contributed by atoms with E-state index in [9.17, 15) is 0 Å². The average molecular weight is 703 g/mol. The zero-order valence-electron chi connectivity index (χ0n) is 30.5. The highest BCUT2D eigenvalue weighted by atomic mass is 16.3. The van der Waals surface area contributed by atoms with E-state index in [0.29, 0.717) is 0 Å². The fraction of sp³-hybridized carbons (Fsp3) is 0.0566. The number of para-hydroxylation sites is 1. The van der Waals surface area contributed by atoms with Gasteiger partial charge in [0.25, 0.3) is 0 Å². The van der Waals surface area contributed by atoms with Crippen LogP contribution in [-0.4, -0.2) is 0 Å². The van der Waals surface area contributed by atoms with E-state index >= 15 is 0 Å². The molecule has 0 radical (unpaired) electrons. The molecule has 11 aromatic rings. The lowest BCUT2D eigenvalue weighted by atomic mass is 9.82. The molecule has 2 heteroatoms. The molecule has 0 unspecified atom stereocenters. The molecule has 0 atom stereocenters. The molecule has 9 aromatic carbocycles. The standard InChI is InChI=1S/C53H34O2/c1-53(2)44-23-8-7-16-42(44)50-45(53)25-27-47-51(50)43-22-11-21-41(52(43)55-47)35-19-9-18-34-33(35)17-10-20-36(34)49-39-14-5-3-12-37(39)48(38-13-4-6-15-40(38)49)32-24-26-46-31(30-32)28-29-54-46/h3-30H,1-2H3. The van der Waals surface area contributed by atoms with E-state index in [1.807, 2.05) is 6.07 Å². The van der Waals surface area contributed by atoms with Crippen LogP contribution >= 0.6 is 0 Å². The molecule has 2 aromatic heterocycles. The van der Waals surface area contributed by atoms with Gasteiger partial charge in [-0.05, 0) is 107 Å². The lowest BCUT2D eigenvalue weighted by molar-refractivity contribution is 0.616. The summed E-state index contributed by atoms with van der Waals surface area (Å²) in [5, 5.41) is 10.8.